The van der Waals surface area contributed by atoms with Crippen molar-refractivity contribution in [2.24, 2.45) is 11.8 Å². The average Bonchev–Trinajstić information content (AvgIpc) is 3.51. The molecule has 30 heavy (non-hydrogen) atoms. The molecule has 2 fully saturated rings. The molecule has 1 aromatic carbocycles. The zero-order valence-electron chi connectivity index (χ0n) is 16.8. The van der Waals surface area contributed by atoms with Crippen LogP contribution in [-0.4, -0.2) is 47.2 Å². The fourth-order valence-electron chi connectivity index (χ4n) is 3.60. The van der Waals surface area contributed by atoms with Gasteiger partial charge in [-0.05, 0) is 43.7 Å². The van der Waals surface area contributed by atoms with Gasteiger partial charge in [-0.1, -0.05) is 18.2 Å². The summed E-state index contributed by atoms with van der Waals surface area (Å²) in [5.41, 5.74) is 1.19. The van der Waals surface area contributed by atoms with Crippen LogP contribution in [-0.2, 0) is 16.0 Å². The maximum atomic E-state index is 12.7. The molecule has 1 aromatic heterocycles. The minimum Gasteiger partial charge on any atom is -0.356 e. The number of amides is 3. The molecule has 0 spiro atoms. The van der Waals surface area contributed by atoms with Gasteiger partial charge in [0.25, 0.3) is 5.91 Å². The average molecular weight is 427 g/mol. The van der Waals surface area contributed by atoms with E-state index in [2.05, 4.69) is 15.6 Å². The van der Waals surface area contributed by atoms with E-state index in [0.717, 1.165) is 19.4 Å². The minimum absolute atomic E-state index is 0.0269. The van der Waals surface area contributed by atoms with Crippen molar-refractivity contribution in [1.82, 2.24) is 15.2 Å². The standard InChI is InChI=1S/C22H26N4O3S/c27-19(26-10-4-7-17(13-26)20(28)23-12-15-8-9-15)11-18-14-30-22(24-18)25-21(29)16-5-2-1-3-6-16/h1-3,5-6,14-15,17H,4,7-13H2,(H,23,28)(H,24,25,29). The van der Waals surface area contributed by atoms with Gasteiger partial charge in [0.2, 0.25) is 11.8 Å². The topological polar surface area (TPSA) is 91.4 Å². The number of hydrogen-bond acceptors (Lipinski definition) is 5. The zero-order chi connectivity index (χ0) is 20.9. The van der Waals surface area contributed by atoms with Crippen LogP contribution in [0.4, 0.5) is 5.13 Å². The predicted molar refractivity (Wildman–Crippen MR) is 115 cm³/mol. The van der Waals surface area contributed by atoms with Crippen molar-refractivity contribution in [3.63, 3.8) is 0 Å². The highest BCUT2D eigenvalue weighted by molar-refractivity contribution is 7.14. The maximum Gasteiger partial charge on any atom is 0.257 e. The van der Waals surface area contributed by atoms with Crippen LogP contribution >= 0.6 is 11.3 Å². The van der Waals surface area contributed by atoms with Gasteiger partial charge in [0.05, 0.1) is 18.0 Å². The molecule has 1 aliphatic heterocycles. The number of carbonyl (C=O) groups excluding carboxylic acids is 3. The Hall–Kier alpha value is -2.74. The lowest BCUT2D eigenvalue weighted by Crippen LogP contribution is -2.46. The molecule has 1 atom stereocenters. The van der Waals surface area contributed by atoms with Gasteiger partial charge in [0, 0.05) is 30.6 Å². The molecule has 1 saturated heterocycles. The minimum atomic E-state index is -0.223. The Morgan fingerprint density at radius 3 is 2.70 bits per heavy atom. The molecule has 4 rings (SSSR count). The first kappa shape index (κ1) is 20.5. The summed E-state index contributed by atoms with van der Waals surface area (Å²) < 4.78 is 0. The van der Waals surface area contributed by atoms with E-state index >= 15 is 0 Å². The second kappa shape index (κ2) is 9.38. The molecule has 1 aliphatic carbocycles. The Kier molecular flexibility index (Phi) is 6.42. The number of hydrogen-bond donors (Lipinski definition) is 2. The van der Waals surface area contributed by atoms with Crippen LogP contribution in [0.25, 0.3) is 0 Å². The van der Waals surface area contributed by atoms with Gasteiger partial charge in [-0.2, -0.15) is 0 Å². The molecule has 8 heteroatoms. The molecule has 2 aliphatic rings. The summed E-state index contributed by atoms with van der Waals surface area (Å²) in [5, 5.41) is 8.07. The zero-order valence-corrected chi connectivity index (χ0v) is 17.6. The molecule has 1 saturated carbocycles. The highest BCUT2D eigenvalue weighted by atomic mass is 32.1. The van der Waals surface area contributed by atoms with E-state index in [1.165, 1.54) is 24.2 Å². The Balaban J connectivity index is 1.28. The molecular formula is C22H26N4O3S. The summed E-state index contributed by atoms with van der Waals surface area (Å²) in [7, 11) is 0. The lowest BCUT2D eigenvalue weighted by molar-refractivity contribution is -0.135. The summed E-state index contributed by atoms with van der Waals surface area (Å²) >= 11 is 1.30. The van der Waals surface area contributed by atoms with E-state index in [1.54, 1.807) is 34.5 Å². The third-order valence-electron chi connectivity index (χ3n) is 5.55. The number of likely N-dealkylation sites (tertiary alicyclic amines) is 1. The van der Waals surface area contributed by atoms with Crippen LogP contribution in [0.5, 0.6) is 0 Å². The van der Waals surface area contributed by atoms with Crippen LogP contribution in [0.1, 0.15) is 41.7 Å². The smallest absolute Gasteiger partial charge is 0.257 e. The summed E-state index contributed by atoms with van der Waals surface area (Å²) in [6, 6.07) is 8.94. The molecule has 2 heterocycles. The van der Waals surface area contributed by atoms with Crippen molar-refractivity contribution in [3.05, 3.63) is 47.0 Å². The Bertz CT molecular complexity index is 910. The predicted octanol–water partition coefficient (Wildman–Crippen LogP) is 2.70. The Morgan fingerprint density at radius 2 is 1.93 bits per heavy atom. The van der Waals surface area contributed by atoms with Crippen LogP contribution in [0.15, 0.2) is 35.7 Å². The summed E-state index contributed by atoms with van der Waals surface area (Å²) in [5.74, 6) is 0.341. The van der Waals surface area contributed by atoms with E-state index < -0.39 is 0 Å². The molecule has 1 unspecified atom stereocenters. The van der Waals surface area contributed by atoms with E-state index in [9.17, 15) is 14.4 Å². The van der Waals surface area contributed by atoms with Gasteiger partial charge in [0.1, 0.15) is 0 Å². The summed E-state index contributed by atoms with van der Waals surface area (Å²) in [6.07, 6.45) is 4.25. The van der Waals surface area contributed by atoms with Crippen LogP contribution in [0.3, 0.4) is 0 Å². The molecule has 2 aromatic rings. The highest BCUT2D eigenvalue weighted by Crippen LogP contribution is 2.28. The largest absolute Gasteiger partial charge is 0.356 e. The van der Waals surface area contributed by atoms with Crippen LogP contribution in [0.2, 0.25) is 0 Å². The van der Waals surface area contributed by atoms with Gasteiger partial charge in [-0.25, -0.2) is 4.98 Å². The number of piperidine rings is 1. The summed E-state index contributed by atoms with van der Waals surface area (Å²) in [4.78, 5) is 43.5. The van der Waals surface area contributed by atoms with Crippen molar-refractivity contribution in [2.75, 3.05) is 25.0 Å². The first-order valence-corrected chi connectivity index (χ1v) is 11.3. The fraction of sp³-hybridized carbons (Fsp3) is 0.455. The van der Waals surface area contributed by atoms with Crippen molar-refractivity contribution in [2.45, 2.75) is 32.1 Å². The number of carbonyl (C=O) groups is 3. The van der Waals surface area contributed by atoms with Gasteiger partial charge >= 0.3 is 0 Å². The number of nitrogens with one attached hydrogen (secondary N) is 2. The van der Waals surface area contributed by atoms with E-state index in [1.807, 2.05) is 6.07 Å². The Morgan fingerprint density at radius 1 is 1.13 bits per heavy atom. The number of thiazole rings is 1. The second-order valence-electron chi connectivity index (χ2n) is 8.01. The fourth-order valence-corrected chi connectivity index (χ4v) is 4.31. The van der Waals surface area contributed by atoms with Gasteiger partial charge in [-0.3, -0.25) is 19.7 Å². The van der Waals surface area contributed by atoms with Crippen molar-refractivity contribution in [3.8, 4) is 0 Å². The number of benzene rings is 1. The van der Waals surface area contributed by atoms with Gasteiger partial charge in [-0.15, -0.1) is 11.3 Å². The van der Waals surface area contributed by atoms with E-state index in [0.29, 0.717) is 35.4 Å². The van der Waals surface area contributed by atoms with E-state index in [-0.39, 0.29) is 30.1 Å². The molecule has 0 bridgehead atoms. The van der Waals surface area contributed by atoms with Crippen LogP contribution in [0, 0.1) is 11.8 Å². The third kappa shape index (κ3) is 5.44. The number of aromatic nitrogens is 1. The molecule has 158 valence electrons. The van der Waals surface area contributed by atoms with Crippen molar-refractivity contribution >= 4 is 34.2 Å². The molecule has 2 N–H and O–H groups in total. The summed E-state index contributed by atoms with van der Waals surface area (Å²) in [6.45, 7) is 1.91. The number of anilines is 1. The lowest BCUT2D eigenvalue weighted by Gasteiger charge is -2.32. The normalized spacial score (nSPS) is 18.7. The van der Waals surface area contributed by atoms with Crippen molar-refractivity contribution in [1.29, 1.82) is 0 Å². The highest BCUT2D eigenvalue weighted by Gasteiger charge is 2.30. The number of rotatable bonds is 7. The molecule has 3 amide bonds. The van der Waals surface area contributed by atoms with Crippen molar-refractivity contribution < 1.29 is 14.4 Å². The molecule has 0 radical (unpaired) electrons. The second-order valence-corrected chi connectivity index (χ2v) is 8.87. The van der Waals surface area contributed by atoms with Gasteiger partial charge < -0.3 is 10.2 Å². The third-order valence-corrected chi connectivity index (χ3v) is 6.35. The molecule has 7 nitrogen and oxygen atoms in total. The first-order valence-electron chi connectivity index (χ1n) is 10.4. The molecular weight excluding hydrogens is 400 g/mol. The SMILES string of the molecule is O=C(Nc1nc(CC(=O)N2CCCC(C(=O)NCC3CC3)C2)cs1)c1ccccc1. The number of nitrogens with zero attached hydrogens (tertiary/aromatic N) is 2. The van der Waals surface area contributed by atoms with E-state index in [4.69, 9.17) is 0 Å². The lowest BCUT2D eigenvalue weighted by atomic mass is 9.96. The maximum absolute atomic E-state index is 12.7. The first-order chi connectivity index (χ1) is 14.6. The van der Waals surface area contributed by atoms with Crippen LogP contribution < -0.4 is 10.6 Å². The monoisotopic (exact) mass is 426 g/mol. The van der Waals surface area contributed by atoms with Gasteiger partial charge in [0.15, 0.2) is 5.13 Å². The quantitative estimate of drug-likeness (QED) is 0.712. The Labute approximate surface area is 179 Å².